The minimum atomic E-state index is -3.28. The summed E-state index contributed by atoms with van der Waals surface area (Å²) in [5.41, 5.74) is -0.153. The molecular formula is C16H21ClN6O8S2. The fourth-order valence-corrected chi connectivity index (χ4v) is 3.57. The maximum Gasteiger partial charge on any atom is 0.407 e. The molecule has 2 rings (SSSR count). The number of oxime groups is 1. The SMILES string of the molecule is CON=C(C(=O)NC1C(=O)NC1CNC(=O)OCCS(C)(=O)=O)c1csc(NC(=O)CCl)n1. The molecule has 182 valence electrons. The number of aromatic nitrogens is 1. The maximum absolute atomic E-state index is 12.7. The zero-order valence-electron chi connectivity index (χ0n) is 17.4. The third kappa shape index (κ3) is 8.14. The molecule has 0 saturated carbocycles. The number of carbonyl (C=O) groups excluding carboxylic acids is 4. The third-order valence-corrected chi connectivity index (χ3v) is 5.87. The number of hydrogen-bond acceptors (Lipinski definition) is 11. The average Bonchev–Trinajstić information content (AvgIpc) is 3.19. The summed E-state index contributed by atoms with van der Waals surface area (Å²) >= 11 is 6.45. The van der Waals surface area contributed by atoms with Gasteiger partial charge in [-0.3, -0.25) is 14.4 Å². The summed E-state index contributed by atoms with van der Waals surface area (Å²) in [7, 11) is -2.06. The van der Waals surface area contributed by atoms with Gasteiger partial charge < -0.3 is 30.8 Å². The van der Waals surface area contributed by atoms with Gasteiger partial charge in [-0.2, -0.15) is 0 Å². The molecule has 2 unspecified atom stereocenters. The molecule has 4 amide bonds. The number of ether oxygens (including phenoxy) is 1. The summed E-state index contributed by atoms with van der Waals surface area (Å²) < 4.78 is 26.8. The largest absolute Gasteiger partial charge is 0.448 e. The lowest BCUT2D eigenvalue weighted by atomic mass is 9.98. The van der Waals surface area contributed by atoms with Gasteiger partial charge in [-0.25, -0.2) is 18.2 Å². The number of amides is 4. The van der Waals surface area contributed by atoms with Crippen LogP contribution in [0.1, 0.15) is 5.69 Å². The first-order valence-electron chi connectivity index (χ1n) is 9.16. The second kappa shape index (κ2) is 11.8. The molecule has 1 aromatic heterocycles. The molecule has 1 fully saturated rings. The molecule has 2 heterocycles. The fraction of sp³-hybridized carbons (Fsp3) is 0.500. The Morgan fingerprint density at radius 2 is 2.09 bits per heavy atom. The lowest BCUT2D eigenvalue weighted by Crippen LogP contribution is -2.72. The smallest absolute Gasteiger partial charge is 0.407 e. The quantitative estimate of drug-likeness (QED) is 0.114. The van der Waals surface area contributed by atoms with Gasteiger partial charge >= 0.3 is 6.09 Å². The molecule has 4 N–H and O–H groups in total. The van der Waals surface area contributed by atoms with E-state index in [0.29, 0.717) is 0 Å². The van der Waals surface area contributed by atoms with Crippen molar-refractivity contribution in [3.8, 4) is 0 Å². The lowest BCUT2D eigenvalue weighted by Gasteiger charge is -2.36. The van der Waals surface area contributed by atoms with Crippen molar-refractivity contribution >= 4 is 67.4 Å². The Kier molecular flexibility index (Phi) is 9.36. The summed E-state index contributed by atoms with van der Waals surface area (Å²) in [6.45, 7) is -0.407. The van der Waals surface area contributed by atoms with E-state index >= 15 is 0 Å². The Hall–Kier alpha value is -2.98. The molecule has 1 aliphatic rings. The molecule has 0 radical (unpaired) electrons. The first-order valence-corrected chi connectivity index (χ1v) is 12.6. The van der Waals surface area contributed by atoms with Crippen molar-refractivity contribution in [3.63, 3.8) is 0 Å². The number of sulfone groups is 1. The van der Waals surface area contributed by atoms with Crippen LogP contribution in [0.5, 0.6) is 0 Å². The molecule has 14 nitrogen and oxygen atoms in total. The number of hydrogen-bond donors (Lipinski definition) is 4. The number of halogens is 1. The molecule has 0 aliphatic carbocycles. The van der Waals surface area contributed by atoms with E-state index in [2.05, 4.69) is 36.2 Å². The number of anilines is 1. The number of thiazole rings is 1. The van der Waals surface area contributed by atoms with Gasteiger partial charge in [0.2, 0.25) is 11.8 Å². The van der Waals surface area contributed by atoms with Crippen LogP contribution in [0.25, 0.3) is 0 Å². The van der Waals surface area contributed by atoms with Crippen LogP contribution in [0.4, 0.5) is 9.93 Å². The van der Waals surface area contributed by atoms with E-state index in [9.17, 15) is 27.6 Å². The highest BCUT2D eigenvalue weighted by Crippen LogP contribution is 2.17. The van der Waals surface area contributed by atoms with E-state index in [-0.39, 0.29) is 41.3 Å². The summed E-state index contributed by atoms with van der Waals surface area (Å²) in [6.07, 6.45) is 0.134. The number of alkyl halides is 1. The van der Waals surface area contributed by atoms with Gasteiger partial charge in [-0.1, -0.05) is 5.16 Å². The summed E-state index contributed by atoms with van der Waals surface area (Å²) in [6, 6.07) is -1.65. The molecule has 1 saturated heterocycles. The predicted molar refractivity (Wildman–Crippen MR) is 118 cm³/mol. The van der Waals surface area contributed by atoms with E-state index in [1.165, 1.54) is 12.5 Å². The molecule has 17 heteroatoms. The summed E-state index contributed by atoms with van der Waals surface area (Å²) in [5.74, 6) is -2.35. The van der Waals surface area contributed by atoms with E-state index in [1.807, 2.05) is 0 Å². The van der Waals surface area contributed by atoms with Crippen LogP contribution >= 0.6 is 22.9 Å². The maximum atomic E-state index is 12.7. The minimum Gasteiger partial charge on any atom is -0.448 e. The molecule has 0 aromatic carbocycles. The number of rotatable bonds is 11. The van der Waals surface area contributed by atoms with Crippen LogP contribution in [-0.2, 0) is 33.8 Å². The second-order valence-corrected chi connectivity index (χ2v) is 9.94. The average molecular weight is 525 g/mol. The van der Waals surface area contributed by atoms with Crippen molar-refractivity contribution in [2.45, 2.75) is 12.1 Å². The zero-order valence-corrected chi connectivity index (χ0v) is 19.8. The normalized spacial score (nSPS) is 17.9. The number of nitrogens with zero attached hydrogens (tertiary/aromatic N) is 2. The van der Waals surface area contributed by atoms with Crippen molar-refractivity contribution in [2.75, 3.05) is 43.5 Å². The number of nitrogens with one attached hydrogen (secondary N) is 4. The summed E-state index contributed by atoms with van der Waals surface area (Å²) in [4.78, 5) is 56.4. The van der Waals surface area contributed by atoms with Crippen LogP contribution in [0, 0.1) is 0 Å². The highest BCUT2D eigenvalue weighted by molar-refractivity contribution is 7.90. The Morgan fingerprint density at radius 1 is 1.36 bits per heavy atom. The predicted octanol–water partition coefficient (Wildman–Crippen LogP) is -1.58. The van der Waals surface area contributed by atoms with E-state index in [4.69, 9.17) is 16.3 Å². The van der Waals surface area contributed by atoms with Crippen LogP contribution in [0.3, 0.4) is 0 Å². The van der Waals surface area contributed by atoms with Gasteiger partial charge in [-0.15, -0.1) is 22.9 Å². The number of carbonyl (C=O) groups is 4. The van der Waals surface area contributed by atoms with Crippen molar-refractivity contribution in [1.29, 1.82) is 0 Å². The van der Waals surface area contributed by atoms with Gasteiger partial charge in [0, 0.05) is 18.2 Å². The van der Waals surface area contributed by atoms with Gasteiger partial charge in [-0.05, 0) is 0 Å². The molecule has 1 aromatic rings. The van der Waals surface area contributed by atoms with Crippen LogP contribution < -0.4 is 21.3 Å². The standard InChI is InChI=1S/C16H21ClN6O8S2/c1-30-23-12(9-7-32-15(20-9)21-10(24)5-17)14(26)22-11-8(19-13(11)25)6-18-16(27)31-3-4-33(2,28)29/h7-8,11H,3-6H2,1-2H3,(H,18,27)(H,19,25)(H,22,26)(H,20,21,24). The van der Waals surface area contributed by atoms with Crippen molar-refractivity contribution in [3.05, 3.63) is 11.1 Å². The second-order valence-electron chi connectivity index (χ2n) is 6.56. The summed E-state index contributed by atoms with van der Waals surface area (Å²) in [5, 5.41) is 15.1. The topological polar surface area (TPSA) is 194 Å². The van der Waals surface area contributed by atoms with Crippen molar-refractivity contribution < 1.29 is 37.2 Å². The van der Waals surface area contributed by atoms with Gasteiger partial charge in [0.05, 0.1) is 11.8 Å². The Morgan fingerprint density at radius 3 is 2.70 bits per heavy atom. The van der Waals surface area contributed by atoms with Crippen LogP contribution in [0.2, 0.25) is 0 Å². The Balaban J connectivity index is 1.93. The molecule has 1 aliphatic heterocycles. The van der Waals surface area contributed by atoms with Gasteiger partial charge in [0.1, 0.15) is 31.3 Å². The van der Waals surface area contributed by atoms with E-state index in [0.717, 1.165) is 17.6 Å². The lowest BCUT2D eigenvalue weighted by molar-refractivity contribution is -0.134. The first kappa shape index (κ1) is 26.3. The highest BCUT2D eigenvalue weighted by Gasteiger charge is 2.41. The molecule has 33 heavy (non-hydrogen) atoms. The number of alkyl carbamates (subject to hydrolysis) is 1. The first-order chi connectivity index (χ1) is 15.5. The fourth-order valence-electron chi connectivity index (χ4n) is 2.41. The highest BCUT2D eigenvalue weighted by atomic mass is 35.5. The van der Waals surface area contributed by atoms with E-state index < -0.39 is 45.7 Å². The van der Waals surface area contributed by atoms with Gasteiger partial charge in [0.25, 0.3) is 5.91 Å². The van der Waals surface area contributed by atoms with Crippen LogP contribution in [-0.4, -0.2) is 93.2 Å². The van der Waals surface area contributed by atoms with Crippen LogP contribution in [0.15, 0.2) is 10.5 Å². The Labute approximate surface area is 197 Å². The minimum absolute atomic E-state index is 0.0868. The molecular weight excluding hydrogens is 504 g/mol. The molecule has 0 spiro atoms. The third-order valence-electron chi connectivity index (χ3n) is 3.96. The van der Waals surface area contributed by atoms with E-state index in [1.54, 1.807) is 0 Å². The monoisotopic (exact) mass is 524 g/mol. The number of β-lactam (4-membered cyclic amide) rings is 1. The molecule has 0 bridgehead atoms. The van der Waals surface area contributed by atoms with Crippen molar-refractivity contribution in [2.24, 2.45) is 5.16 Å². The van der Waals surface area contributed by atoms with Gasteiger partial charge in [0.15, 0.2) is 20.7 Å². The Bertz CT molecular complexity index is 1040. The van der Waals surface area contributed by atoms with Crippen molar-refractivity contribution in [1.82, 2.24) is 20.9 Å². The molecule has 2 atom stereocenters. The zero-order chi connectivity index (χ0) is 24.6.